The van der Waals surface area contributed by atoms with Gasteiger partial charge in [-0.2, -0.15) is 5.10 Å². The van der Waals surface area contributed by atoms with Gasteiger partial charge in [0, 0.05) is 42.6 Å². The normalized spacial score (nSPS) is 21.1. The highest BCUT2D eigenvalue weighted by atomic mass is 35.5. The number of aromatic nitrogens is 2. The molecule has 2 aromatic rings. The fraction of sp³-hybridized carbons (Fsp3) is 0.333. The zero-order valence-corrected chi connectivity index (χ0v) is 14.2. The molecule has 5 nitrogen and oxygen atoms in total. The van der Waals surface area contributed by atoms with Crippen LogP contribution in [0.4, 0.5) is 0 Å². The molecule has 1 aromatic carbocycles. The molecule has 1 aliphatic heterocycles. The van der Waals surface area contributed by atoms with E-state index in [-0.39, 0.29) is 18.1 Å². The maximum Gasteiger partial charge on any atom is 0.244 e. The molecule has 0 bridgehead atoms. The molecule has 0 aliphatic carbocycles. The van der Waals surface area contributed by atoms with E-state index in [1.165, 1.54) is 0 Å². The van der Waals surface area contributed by atoms with Crippen molar-refractivity contribution >= 4 is 23.6 Å². The number of carbonyl (C=O) groups is 1. The number of nitrogens with zero attached hydrogens (tertiary/aromatic N) is 2. The van der Waals surface area contributed by atoms with E-state index >= 15 is 0 Å². The maximum atomic E-state index is 12.1. The fourth-order valence-electron chi connectivity index (χ4n) is 2.76. The van der Waals surface area contributed by atoms with Crippen LogP contribution >= 0.6 is 11.6 Å². The van der Waals surface area contributed by atoms with Crippen LogP contribution in [0, 0.1) is 0 Å². The van der Waals surface area contributed by atoms with E-state index < -0.39 is 0 Å². The summed E-state index contributed by atoms with van der Waals surface area (Å²) >= 11 is 5.85. The van der Waals surface area contributed by atoms with Crippen LogP contribution in [0.25, 0.3) is 6.08 Å². The van der Waals surface area contributed by atoms with Crippen molar-refractivity contribution < 1.29 is 9.53 Å². The average Bonchev–Trinajstić information content (AvgIpc) is 3.01. The molecule has 2 heterocycles. The molecule has 3 rings (SSSR count). The minimum Gasteiger partial charge on any atom is -0.373 e. The smallest absolute Gasteiger partial charge is 0.244 e. The van der Waals surface area contributed by atoms with E-state index in [4.69, 9.17) is 16.3 Å². The van der Waals surface area contributed by atoms with Crippen molar-refractivity contribution in [3.63, 3.8) is 0 Å². The Balaban J connectivity index is 1.55. The van der Waals surface area contributed by atoms with Gasteiger partial charge in [-0.15, -0.1) is 0 Å². The monoisotopic (exact) mass is 345 g/mol. The Morgan fingerprint density at radius 1 is 1.42 bits per heavy atom. The Morgan fingerprint density at radius 3 is 2.92 bits per heavy atom. The van der Waals surface area contributed by atoms with Crippen molar-refractivity contribution in [3.8, 4) is 0 Å². The molecule has 0 radical (unpaired) electrons. The molecule has 2 unspecified atom stereocenters. The van der Waals surface area contributed by atoms with Gasteiger partial charge in [0.15, 0.2) is 0 Å². The highest BCUT2D eigenvalue weighted by Crippen LogP contribution is 2.27. The largest absolute Gasteiger partial charge is 0.373 e. The average molecular weight is 346 g/mol. The van der Waals surface area contributed by atoms with E-state index in [9.17, 15) is 4.79 Å². The summed E-state index contributed by atoms with van der Waals surface area (Å²) in [6.45, 7) is 0.630. The number of hydrogen-bond donors (Lipinski definition) is 1. The van der Waals surface area contributed by atoms with Crippen molar-refractivity contribution in [1.82, 2.24) is 15.1 Å². The summed E-state index contributed by atoms with van der Waals surface area (Å²) in [5.41, 5.74) is 1.99. The van der Waals surface area contributed by atoms with E-state index in [1.54, 1.807) is 29.0 Å². The quantitative estimate of drug-likeness (QED) is 0.866. The molecule has 0 spiro atoms. The number of halogens is 1. The molecule has 1 saturated heterocycles. The van der Waals surface area contributed by atoms with Crippen LogP contribution in [-0.2, 0) is 16.6 Å². The Kier molecular flexibility index (Phi) is 5.33. The predicted molar refractivity (Wildman–Crippen MR) is 93.6 cm³/mol. The number of amides is 1. The molecule has 1 fully saturated rings. The summed E-state index contributed by atoms with van der Waals surface area (Å²) in [6.07, 6.45) is 8.66. The van der Waals surface area contributed by atoms with Gasteiger partial charge in [-0.05, 0) is 36.6 Å². The van der Waals surface area contributed by atoms with E-state index in [2.05, 4.69) is 10.4 Å². The number of hydrogen-bond acceptors (Lipinski definition) is 3. The van der Waals surface area contributed by atoms with Crippen LogP contribution < -0.4 is 5.32 Å². The topological polar surface area (TPSA) is 56.2 Å². The Morgan fingerprint density at radius 2 is 2.21 bits per heavy atom. The Bertz CT molecular complexity index is 724. The van der Waals surface area contributed by atoms with Crippen LogP contribution in [0.5, 0.6) is 0 Å². The van der Waals surface area contributed by atoms with Crippen molar-refractivity contribution in [2.75, 3.05) is 6.61 Å². The molecular formula is C18H20ClN3O2. The number of carbonyl (C=O) groups excluding carboxylic acids is 1. The molecule has 126 valence electrons. The summed E-state index contributed by atoms with van der Waals surface area (Å²) in [5, 5.41) is 7.90. The van der Waals surface area contributed by atoms with Crippen LogP contribution in [0.15, 0.2) is 42.7 Å². The molecule has 2 atom stereocenters. The Hall–Kier alpha value is -2.11. The molecule has 6 heteroatoms. The van der Waals surface area contributed by atoms with E-state index in [0.29, 0.717) is 11.6 Å². The summed E-state index contributed by atoms with van der Waals surface area (Å²) < 4.78 is 7.55. The van der Waals surface area contributed by atoms with E-state index in [1.807, 2.05) is 31.6 Å². The first kappa shape index (κ1) is 16.7. The van der Waals surface area contributed by atoms with Gasteiger partial charge in [0.1, 0.15) is 0 Å². The summed E-state index contributed by atoms with van der Waals surface area (Å²) in [6, 6.07) is 7.45. The first-order chi connectivity index (χ1) is 11.6. The van der Waals surface area contributed by atoms with Crippen molar-refractivity contribution in [1.29, 1.82) is 0 Å². The lowest BCUT2D eigenvalue weighted by Crippen LogP contribution is -2.39. The second-order valence-corrected chi connectivity index (χ2v) is 6.36. The second-order valence-electron chi connectivity index (χ2n) is 5.92. The third-order valence-electron chi connectivity index (χ3n) is 4.02. The van der Waals surface area contributed by atoms with Crippen LogP contribution in [0.2, 0.25) is 5.02 Å². The summed E-state index contributed by atoms with van der Waals surface area (Å²) in [7, 11) is 1.88. The molecule has 1 amide bonds. The number of ether oxygens (including phenoxy) is 1. The standard InChI is InChI=1S/C18H20ClN3O2/c1-22-12-14(11-20-22)17-10-16(8-9-24-17)21-18(23)7-4-13-2-5-15(19)6-3-13/h2-7,11-12,16-17H,8-10H2,1H3,(H,21,23). The zero-order valence-electron chi connectivity index (χ0n) is 13.5. The SMILES string of the molecule is Cn1cc(C2CC(NC(=O)C=Cc3ccc(Cl)cc3)CCO2)cn1. The predicted octanol–water partition coefficient (Wildman–Crippen LogP) is 3.12. The van der Waals surface area contributed by atoms with Gasteiger partial charge in [-0.3, -0.25) is 9.48 Å². The van der Waals surface area contributed by atoms with E-state index in [0.717, 1.165) is 24.0 Å². The van der Waals surface area contributed by atoms with Crippen molar-refractivity contribution in [2.45, 2.75) is 25.0 Å². The third-order valence-corrected chi connectivity index (χ3v) is 4.28. The summed E-state index contributed by atoms with van der Waals surface area (Å²) in [4.78, 5) is 12.1. The van der Waals surface area contributed by atoms with Gasteiger partial charge >= 0.3 is 0 Å². The third kappa shape index (κ3) is 4.46. The van der Waals surface area contributed by atoms with Crippen LogP contribution in [0.3, 0.4) is 0 Å². The first-order valence-electron chi connectivity index (χ1n) is 7.94. The molecular weight excluding hydrogens is 326 g/mol. The lowest BCUT2D eigenvalue weighted by atomic mass is 9.99. The van der Waals surface area contributed by atoms with Gasteiger partial charge in [-0.25, -0.2) is 0 Å². The number of nitrogens with one attached hydrogen (secondary N) is 1. The zero-order chi connectivity index (χ0) is 16.9. The van der Waals surface area contributed by atoms with Crippen molar-refractivity contribution in [3.05, 3.63) is 58.9 Å². The van der Waals surface area contributed by atoms with Crippen LogP contribution in [-0.4, -0.2) is 28.3 Å². The highest BCUT2D eigenvalue weighted by Gasteiger charge is 2.25. The number of benzene rings is 1. The first-order valence-corrected chi connectivity index (χ1v) is 8.32. The lowest BCUT2D eigenvalue weighted by molar-refractivity contribution is -0.118. The van der Waals surface area contributed by atoms with Crippen molar-refractivity contribution in [2.24, 2.45) is 7.05 Å². The minimum atomic E-state index is -0.0956. The van der Waals surface area contributed by atoms with Crippen LogP contribution in [0.1, 0.15) is 30.1 Å². The molecule has 24 heavy (non-hydrogen) atoms. The van der Waals surface area contributed by atoms with Gasteiger partial charge < -0.3 is 10.1 Å². The Labute approximate surface area is 146 Å². The van der Waals surface area contributed by atoms with Gasteiger partial charge in [0.25, 0.3) is 0 Å². The number of rotatable bonds is 4. The lowest BCUT2D eigenvalue weighted by Gasteiger charge is -2.29. The molecule has 1 aromatic heterocycles. The maximum absolute atomic E-state index is 12.1. The van der Waals surface area contributed by atoms with Gasteiger partial charge in [0.05, 0.1) is 12.3 Å². The fourth-order valence-corrected chi connectivity index (χ4v) is 2.89. The molecule has 1 aliphatic rings. The minimum absolute atomic E-state index is 0.0157. The number of aryl methyl sites for hydroxylation is 1. The highest BCUT2D eigenvalue weighted by molar-refractivity contribution is 6.30. The van der Waals surface area contributed by atoms with Gasteiger partial charge in [0.2, 0.25) is 5.91 Å². The molecule has 1 N–H and O–H groups in total. The van der Waals surface area contributed by atoms with Gasteiger partial charge in [-0.1, -0.05) is 23.7 Å². The second kappa shape index (κ2) is 7.64. The molecule has 0 saturated carbocycles. The summed E-state index contributed by atoms with van der Waals surface area (Å²) in [5.74, 6) is -0.0956.